The van der Waals surface area contributed by atoms with Gasteiger partial charge in [0.05, 0.1) is 31.5 Å². The molecule has 0 aliphatic carbocycles. The first-order valence-electron chi connectivity index (χ1n) is 12.0. The van der Waals surface area contributed by atoms with Gasteiger partial charge in [0, 0.05) is 5.56 Å². The summed E-state index contributed by atoms with van der Waals surface area (Å²) in [5, 5.41) is 11.6. The number of anilines is 1. The number of Topliss-reactive ketones (excluding diaryl/α,β-unsaturated/α-hetero) is 1. The van der Waals surface area contributed by atoms with E-state index in [1.807, 2.05) is 31.2 Å². The third kappa shape index (κ3) is 4.69. The first-order valence-corrected chi connectivity index (χ1v) is 12.8. The summed E-state index contributed by atoms with van der Waals surface area (Å²) in [5.41, 5.74) is 3.04. The molecule has 1 aliphatic heterocycles. The number of esters is 1. The van der Waals surface area contributed by atoms with Gasteiger partial charge in [0.25, 0.3) is 5.78 Å². The molecule has 0 spiro atoms. The van der Waals surface area contributed by atoms with Crippen molar-refractivity contribution < 1.29 is 29.0 Å². The van der Waals surface area contributed by atoms with Gasteiger partial charge in [-0.05, 0) is 54.2 Å². The maximum absolute atomic E-state index is 13.5. The number of benzene rings is 2. The topological polar surface area (TPSA) is 106 Å². The lowest BCUT2D eigenvalue weighted by molar-refractivity contribution is -0.132. The second kappa shape index (κ2) is 10.1. The summed E-state index contributed by atoms with van der Waals surface area (Å²) in [7, 11) is 2.81. The van der Waals surface area contributed by atoms with Crippen LogP contribution in [-0.4, -0.2) is 42.0 Å². The first kappa shape index (κ1) is 27.1. The fraction of sp³-hybridized carbons (Fsp3) is 0.310. The van der Waals surface area contributed by atoms with E-state index < -0.39 is 23.7 Å². The highest BCUT2D eigenvalue weighted by atomic mass is 32.1. The van der Waals surface area contributed by atoms with E-state index in [0.717, 1.165) is 22.5 Å². The largest absolute Gasteiger partial charge is 0.507 e. The third-order valence-electron chi connectivity index (χ3n) is 6.57. The molecule has 1 saturated heterocycles. The number of carbonyl (C=O) groups excluding carboxylic acids is 3. The number of nitrogens with zero attached hydrogens (tertiary/aromatic N) is 2. The number of hydrogen-bond acceptors (Lipinski definition) is 8. The predicted molar refractivity (Wildman–Crippen MR) is 146 cm³/mol. The van der Waals surface area contributed by atoms with E-state index in [9.17, 15) is 19.5 Å². The van der Waals surface area contributed by atoms with Crippen molar-refractivity contribution in [2.45, 2.75) is 46.1 Å². The molecule has 8 nitrogen and oxygen atoms in total. The minimum atomic E-state index is -0.956. The van der Waals surface area contributed by atoms with Crippen molar-refractivity contribution >= 4 is 39.9 Å². The van der Waals surface area contributed by atoms with E-state index in [1.165, 1.54) is 12.0 Å². The minimum absolute atomic E-state index is 0.0597. The Labute approximate surface area is 225 Å². The van der Waals surface area contributed by atoms with Crippen molar-refractivity contribution in [2.75, 3.05) is 19.1 Å². The number of thiazole rings is 1. The van der Waals surface area contributed by atoms with Gasteiger partial charge in [-0.25, -0.2) is 9.78 Å². The third-order valence-corrected chi connectivity index (χ3v) is 7.70. The summed E-state index contributed by atoms with van der Waals surface area (Å²) >= 11 is 0.964. The molecule has 2 aromatic carbocycles. The highest BCUT2D eigenvalue weighted by Gasteiger charge is 2.48. The van der Waals surface area contributed by atoms with Gasteiger partial charge in [0.15, 0.2) is 5.13 Å². The first-order chi connectivity index (χ1) is 17.9. The average molecular weight is 535 g/mol. The molecule has 9 heteroatoms. The number of ether oxygens (including phenoxy) is 2. The molecule has 1 aromatic heterocycles. The van der Waals surface area contributed by atoms with Crippen LogP contribution in [0.1, 0.15) is 64.4 Å². The van der Waals surface area contributed by atoms with Crippen molar-refractivity contribution in [1.29, 1.82) is 0 Å². The van der Waals surface area contributed by atoms with Gasteiger partial charge < -0.3 is 14.6 Å². The molecule has 0 bridgehead atoms. The normalized spacial score (nSPS) is 17.1. The quantitative estimate of drug-likeness (QED) is 0.200. The lowest BCUT2D eigenvalue weighted by Gasteiger charge is -2.25. The van der Waals surface area contributed by atoms with Crippen LogP contribution in [0.2, 0.25) is 0 Å². The molecule has 198 valence electrons. The summed E-state index contributed by atoms with van der Waals surface area (Å²) in [5.74, 6) is -1.93. The fourth-order valence-corrected chi connectivity index (χ4v) is 5.47. The average Bonchev–Trinajstić information content (AvgIpc) is 3.39. The molecule has 1 aliphatic rings. The van der Waals surface area contributed by atoms with Crippen LogP contribution in [-0.2, 0) is 19.7 Å². The molecular weight excluding hydrogens is 504 g/mol. The Kier molecular flexibility index (Phi) is 7.16. The summed E-state index contributed by atoms with van der Waals surface area (Å²) < 4.78 is 10.2. The van der Waals surface area contributed by atoms with Gasteiger partial charge in [-0.15, -0.1) is 0 Å². The number of aliphatic hydroxyl groups is 1. The van der Waals surface area contributed by atoms with Gasteiger partial charge in [-0.3, -0.25) is 14.5 Å². The van der Waals surface area contributed by atoms with Crippen LogP contribution in [0, 0.1) is 13.8 Å². The van der Waals surface area contributed by atoms with Crippen molar-refractivity contribution in [2.24, 2.45) is 0 Å². The zero-order valence-corrected chi connectivity index (χ0v) is 23.2. The maximum Gasteiger partial charge on any atom is 0.350 e. The van der Waals surface area contributed by atoms with Crippen LogP contribution in [0.25, 0.3) is 5.76 Å². The summed E-state index contributed by atoms with van der Waals surface area (Å²) in [6.07, 6.45) is 0. The van der Waals surface area contributed by atoms with E-state index in [-0.39, 0.29) is 26.8 Å². The Morgan fingerprint density at radius 2 is 1.71 bits per heavy atom. The molecule has 0 radical (unpaired) electrons. The number of methoxy groups -OCH3 is 2. The van der Waals surface area contributed by atoms with E-state index in [2.05, 4.69) is 25.8 Å². The number of rotatable bonds is 5. The number of aryl methyl sites for hydroxylation is 2. The molecule has 1 fully saturated rings. The van der Waals surface area contributed by atoms with Crippen LogP contribution < -0.4 is 9.64 Å². The van der Waals surface area contributed by atoms with Gasteiger partial charge in [0.1, 0.15) is 16.4 Å². The predicted octanol–water partition coefficient (Wildman–Crippen LogP) is 5.48. The van der Waals surface area contributed by atoms with Gasteiger partial charge in [-0.1, -0.05) is 56.4 Å². The van der Waals surface area contributed by atoms with E-state index in [1.54, 1.807) is 32.2 Å². The highest BCUT2D eigenvalue weighted by molar-refractivity contribution is 7.17. The SMILES string of the molecule is COC(=O)c1sc(N2C(=O)C(=O)/C(=C(/O)c3ccc(OC)c(C)c3)[C@@H]2c2ccc(C(C)(C)C)cc2)nc1C. The second-order valence-electron chi connectivity index (χ2n) is 10.1. The number of aromatic nitrogens is 1. The number of aliphatic hydroxyl groups excluding tert-OH is 1. The number of amides is 1. The molecular formula is C29H30N2O6S. The Morgan fingerprint density at radius 1 is 1.05 bits per heavy atom. The maximum atomic E-state index is 13.5. The molecule has 1 amide bonds. The second-order valence-corrected chi connectivity index (χ2v) is 11.1. The molecule has 2 heterocycles. The number of ketones is 1. The Bertz CT molecular complexity index is 1460. The fourth-order valence-electron chi connectivity index (χ4n) is 4.46. The van der Waals surface area contributed by atoms with E-state index in [4.69, 9.17) is 9.47 Å². The highest BCUT2D eigenvalue weighted by Crippen LogP contribution is 2.44. The lowest BCUT2D eigenvalue weighted by atomic mass is 9.85. The van der Waals surface area contributed by atoms with Crippen molar-refractivity contribution in [1.82, 2.24) is 4.98 Å². The molecule has 0 saturated carbocycles. The monoisotopic (exact) mass is 534 g/mol. The lowest BCUT2D eigenvalue weighted by Crippen LogP contribution is -2.29. The van der Waals surface area contributed by atoms with Crippen molar-refractivity contribution in [3.63, 3.8) is 0 Å². The van der Waals surface area contributed by atoms with Gasteiger partial charge in [0.2, 0.25) is 0 Å². The molecule has 1 N–H and O–H groups in total. The zero-order valence-electron chi connectivity index (χ0n) is 22.4. The minimum Gasteiger partial charge on any atom is -0.507 e. The molecule has 0 unspecified atom stereocenters. The van der Waals surface area contributed by atoms with Crippen LogP contribution in [0.4, 0.5) is 5.13 Å². The summed E-state index contributed by atoms with van der Waals surface area (Å²) in [4.78, 5) is 45.1. The molecule has 4 rings (SSSR count). The summed E-state index contributed by atoms with van der Waals surface area (Å²) in [6.45, 7) is 9.73. The zero-order chi connectivity index (χ0) is 27.9. The Hall–Kier alpha value is -3.98. The van der Waals surface area contributed by atoms with Gasteiger partial charge >= 0.3 is 11.9 Å². The van der Waals surface area contributed by atoms with Crippen LogP contribution in [0.3, 0.4) is 0 Å². The smallest absolute Gasteiger partial charge is 0.350 e. The van der Waals surface area contributed by atoms with Crippen molar-refractivity contribution in [3.8, 4) is 5.75 Å². The summed E-state index contributed by atoms with van der Waals surface area (Å²) in [6, 6.07) is 11.7. The number of carbonyl (C=O) groups is 3. The van der Waals surface area contributed by atoms with Crippen LogP contribution in [0.5, 0.6) is 5.75 Å². The Balaban J connectivity index is 1.94. The van der Waals surface area contributed by atoms with Gasteiger partial charge in [-0.2, -0.15) is 0 Å². The molecule has 38 heavy (non-hydrogen) atoms. The number of hydrogen-bond donors (Lipinski definition) is 1. The molecule has 1 atom stereocenters. The van der Waals surface area contributed by atoms with Crippen molar-refractivity contribution in [3.05, 3.63) is 80.9 Å². The Morgan fingerprint density at radius 3 is 2.26 bits per heavy atom. The van der Waals surface area contributed by atoms with Crippen LogP contribution in [0.15, 0.2) is 48.0 Å². The van der Waals surface area contributed by atoms with E-state index in [0.29, 0.717) is 22.6 Å². The van der Waals surface area contributed by atoms with E-state index >= 15 is 0 Å². The van der Waals surface area contributed by atoms with Crippen LogP contribution >= 0.6 is 11.3 Å². The molecule has 3 aromatic rings. The standard InChI is InChI=1S/C29H30N2O6S/c1-15-14-18(10-13-20(15)36-6)23(32)21-22(17-8-11-19(12-9-17)29(3,4)5)31(26(34)24(21)33)28-30-16(2)25(38-28)27(35)37-7/h8-14,22,32H,1-7H3/b23-21+/t22-/m0/s1.